The number of amides is 1. The van der Waals surface area contributed by atoms with E-state index >= 15 is 0 Å². The molecule has 2 fully saturated rings. The molecule has 0 aliphatic carbocycles. The number of hydrogen-bond donors (Lipinski definition) is 0. The van der Waals surface area contributed by atoms with Crippen LogP contribution >= 0.6 is 0 Å². The van der Waals surface area contributed by atoms with Crippen LogP contribution in [0.4, 0.5) is 16.3 Å². The Balaban J connectivity index is 1.25. The maximum absolute atomic E-state index is 12.7. The van der Waals surface area contributed by atoms with Gasteiger partial charge in [-0.3, -0.25) is 4.90 Å². The number of rotatable bonds is 7. The van der Waals surface area contributed by atoms with Crippen LogP contribution in [0.15, 0.2) is 36.4 Å². The second kappa shape index (κ2) is 13.1. The molecule has 2 aromatic carbocycles. The molecule has 10 heteroatoms. The first-order valence-corrected chi connectivity index (χ1v) is 16.1. The lowest BCUT2D eigenvalue weighted by Gasteiger charge is -2.38. The van der Waals surface area contributed by atoms with E-state index in [0.29, 0.717) is 45.3 Å². The molecule has 44 heavy (non-hydrogen) atoms. The minimum Gasteiger partial charge on any atom is -0.497 e. The quantitative estimate of drug-likeness (QED) is 0.366. The van der Waals surface area contributed by atoms with Crippen LogP contribution in [0.2, 0.25) is 0 Å². The summed E-state index contributed by atoms with van der Waals surface area (Å²) in [6, 6.07) is 13.1. The summed E-state index contributed by atoms with van der Waals surface area (Å²) in [7, 11) is 1.72. The number of piperidine rings is 1. The number of carbonyl (C=O) groups is 1. The normalized spacial score (nSPS) is 17.9. The summed E-state index contributed by atoms with van der Waals surface area (Å²) >= 11 is 0. The standard InChI is InChI=1S/C34H46N6O4/c1-34(2,3)44-33(41)39-18-16-38(17-19-39)31-28-12-15-40(30-23-26(42-4)22-25-10-6-7-11-27(25)30)24-29(28)35-32(36-31)43-21-20-37-13-8-5-9-14-37/h6-7,10-11,22-23H,5,8-9,12-21,24H2,1-4H3. The molecule has 6 rings (SSSR count). The van der Waals surface area contributed by atoms with E-state index in [1.54, 1.807) is 12.0 Å². The first-order valence-electron chi connectivity index (χ1n) is 16.1. The Kier molecular flexibility index (Phi) is 8.98. The van der Waals surface area contributed by atoms with Crippen LogP contribution in [0.3, 0.4) is 0 Å². The second-order valence-corrected chi connectivity index (χ2v) is 13.0. The third kappa shape index (κ3) is 6.96. The highest BCUT2D eigenvalue weighted by molar-refractivity contribution is 5.95. The minimum absolute atomic E-state index is 0.259. The predicted octanol–water partition coefficient (Wildman–Crippen LogP) is 5.12. The van der Waals surface area contributed by atoms with Crippen LogP contribution in [0.5, 0.6) is 11.8 Å². The Morgan fingerprint density at radius 2 is 1.68 bits per heavy atom. The highest BCUT2D eigenvalue weighted by Gasteiger charge is 2.31. The summed E-state index contributed by atoms with van der Waals surface area (Å²) in [5, 5.41) is 2.35. The number of benzene rings is 2. The largest absolute Gasteiger partial charge is 0.497 e. The van der Waals surface area contributed by atoms with E-state index in [-0.39, 0.29) is 6.09 Å². The fourth-order valence-corrected chi connectivity index (χ4v) is 6.44. The summed E-state index contributed by atoms with van der Waals surface area (Å²) in [5.74, 6) is 1.78. The van der Waals surface area contributed by atoms with Crippen molar-refractivity contribution in [2.45, 2.75) is 58.6 Å². The summed E-state index contributed by atoms with van der Waals surface area (Å²) in [6.45, 7) is 13.4. The number of carbonyl (C=O) groups excluding carboxylic acids is 1. The molecule has 3 aliphatic rings. The Morgan fingerprint density at radius 3 is 2.43 bits per heavy atom. The van der Waals surface area contributed by atoms with Crippen molar-refractivity contribution in [1.29, 1.82) is 0 Å². The maximum atomic E-state index is 12.7. The molecule has 0 unspecified atom stereocenters. The van der Waals surface area contributed by atoms with E-state index in [1.165, 1.54) is 30.2 Å². The zero-order valence-corrected chi connectivity index (χ0v) is 26.7. The van der Waals surface area contributed by atoms with E-state index in [0.717, 1.165) is 60.9 Å². The molecule has 0 atom stereocenters. The van der Waals surface area contributed by atoms with Crippen LogP contribution in [-0.2, 0) is 17.7 Å². The number of anilines is 2. The predicted molar refractivity (Wildman–Crippen MR) is 173 cm³/mol. The summed E-state index contributed by atoms with van der Waals surface area (Å²) < 4.78 is 17.5. The Bertz CT molecular complexity index is 1460. The van der Waals surface area contributed by atoms with Gasteiger partial charge < -0.3 is 28.9 Å². The fourth-order valence-electron chi connectivity index (χ4n) is 6.44. The average molecular weight is 603 g/mol. The molecule has 10 nitrogen and oxygen atoms in total. The van der Waals surface area contributed by atoms with Gasteiger partial charge >= 0.3 is 12.1 Å². The smallest absolute Gasteiger partial charge is 0.410 e. The van der Waals surface area contributed by atoms with Gasteiger partial charge in [-0.25, -0.2) is 4.79 Å². The van der Waals surface area contributed by atoms with Crippen molar-refractivity contribution in [2.24, 2.45) is 0 Å². The van der Waals surface area contributed by atoms with Gasteiger partial charge in [-0.05, 0) is 64.6 Å². The number of fused-ring (bicyclic) bond motifs is 2. The van der Waals surface area contributed by atoms with Gasteiger partial charge in [-0.1, -0.05) is 30.7 Å². The van der Waals surface area contributed by atoms with Crippen LogP contribution < -0.4 is 19.3 Å². The lowest BCUT2D eigenvalue weighted by Crippen LogP contribution is -2.50. The third-order valence-corrected chi connectivity index (χ3v) is 8.73. The van der Waals surface area contributed by atoms with Crippen molar-refractivity contribution < 1.29 is 19.0 Å². The highest BCUT2D eigenvalue weighted by atomic mass is 16.6. The Hall–Kier alpha value is -3.79. The number of methoxy groups -OCH3 is 1. The third-order valence-electron chi connectivity index (χ3n) is 8.73. The van der Waals surface area contributed by atoms with Crippen molar-refractivity contribution >= 4 is 28.4 Å². The van der Waals surface area contributed by atoms with Gasteiger partial charge in [0.25, 0.3) is 0 Å². The van der Waals surface area contributed by atoms with Gasteiger partial charge in [0.05, 0.1) is 19.3 Å². The number of nitrogens with zero attached hydrogens (tertiary/aromatic N) is 6. The van der Waals surface area contributed by atoms with E-state index in [1.807, 2.05) is 20.8 Å². The van der Waals surface area contributed by atoms with Gasteiger partial charge in [0.2, 0.25) is 0 Å². The number of aromatic nitrogens is 2. The SMILES string of the molecule is COc1cc(N2CCc3c(nc(OCCN4CCCCC4)nc3N3CCN(C(=O)OC(C)(C)C)CC3)C2)c2ccccc2c1. The molecule has 3 aliphatic heterocycles. The lowest BCUT2D eigenvalue weighted by atomic mass is 10.0. The second-order valence-electron chi connectivity index (χ2n) is 13.0. The minimum atomic E-state index is -0.514. The maximum Gasteiger partial charge on any atom is 0.410 e. The first-order chi connectivity index (χ1) is 21.3. The average Bonchev–Trinajstić information content (AvgIpc) is 3.03. The van der Waals surface area contributed by atoms with Crippen molar-refractivity contribution in [3.05, 3.63) is 47.7 Å². The molecule has 0 spiro atoms. The summed E-state index contributed by atoms with van der Waals surface area (Å²) in [6.07, 6.45) is 4.38. The monoisotopic (exact) mass is 602 g/mol. The molecule has 0 bridgehead atoms. The summed E-state index contributed by atoms with van der Waals surface area (Å²) in [5.41, 5.74) is 2.79. The highest BCUT2D eigenvalue weighted by Crippen LogP contribution is 2.36. The molecule has 2 saturated heterocycles. The summed E-state index contributed by atoms with van der Waals surface area (Å²) in [4.78, 5) is 31.7. The zero-order chi connectivity index (χ0) is 30.7. The molecule has 1 amide bonds. The van der Waals surface area contributed by atoms with Crippen molar-refractivity contribution in [3.63, 3.8) is 0 Å². The van der Waals surface area contributed by atoms with Gasteiger partial charge in [0.1, 0.15) is 23.8 Å². The molecule has 3 aromatic rings. The van der Waals surface area contributed by atoms with Crippen LogP contribution in [-0.4, -0.2) is 97.5 Å². The lowest BCUT2D eigenvalue weighted by molar-refractivity contribution is 0.0240. The van der Waals surface area contributed by atoms with E-state index in [9.17, 15) is 4.79 Å². The van der Waals surface area contributed by atoms with E-state index < -0.39 is 5.60 Å². The topological polar surface area (TPSA) is 83.5 Å². The van der Waals surface area contributed by atoms with E-state index in [4.69, 9.17) is 24.2 Å². The van der Waals surface area contributed by atoms with Crippen molar-refractivity contribution in [1.82, 2.24) is 19.8 Å². The first kappa shape index (κ1) is 30.2. The Morgan fingerprint density at radius 1 is 0.909 bits per heavy atom. The van der Waals surface area contributed by atoms with Crippen LogP contribution in [0, 0.1) is 0 Å². The van der Waals surface area contributed by atoms with Crippen molar-refractivity contribution in [2.75, 3.05) is 75.9 Å². The number of piperazine rings is 1. The molecule has 4 heterocycles. The van der Waals surface area contributed by atoms with Gasteiger partial charge in [-0.2, -0.15) is 9.97 Å². The zero-order valence-electron chi connectivity index (χ0n) is 26.7. The molecular weight excluding hydrogens is 556 g/mol. The van der Waals surface area contributed by atoms with Gasteiger partial charge in [0, 0.05) is 62.0 Å². The fraction of sp³-hybridized carbons (Fsp3) is 0.559. The molecule has 0 radical (unpaired) electrons. The molecule has 1 aromatic heterocycles. The molecular formula is C34H46N6O4. The number of ether oxygens (including phenoxy) is 3. The molecule has 0 saturated carbocycles. The van der Waals surface area contributed by atoms with Crippen LogP contribution in [0.1, 0.15) is 51.3 Å². The van der Waals surface area contributed by atoms with Crippen molar-refractivity contribution in [3.8, 4) is 11.8 Å². The van der Waals surface area contributed by atoms with Crippen LogP contribution in [0.25, 0.3) is 10.8 Å². The van der Waals surface area contributed by atoms with Gasteiger partial charge in [0.15, 0.2) is 0 Å². The number of hydrogen-bond acceptors (Lipinski definition) is 9. The van der Waals surface area contributed by atoms with Gasteiger partial charge in [-0.15, -0.1) is 0 Å². The molecule has 236 valence electrons. The van der Waals surface area contributed by atoms with E-state index in [2.05, 4.69) is 51.1 Å². The molecule has 0 N–H and O–H groups in total. The Labute approximate surface area is 260 Å². The number of likely N-dealkylation sites (tertiary alicyclic amines) is 1.